The molecule has 3 atom stereocenters. The largest absolute Gasteiger partial charge is 0.444 e. The van der Waals surface area contributed by atoms with Crippen molar-refractivity contribution in [3.8, 4) is 0 Å². The lowest BCUT2D eigenvalue weighted by Crippen LogP contribution is -2.40. The van der Waals surface area contributed by atoms with Crippen molar-refractivity contribution in [1.82, 2.24) is 10.2 Å². The van der Waals surface area contributed by atoms with Crippen LogP contribution in [0.5, 0.6) is 0 Å². The van der Waals surface area contributed by atoms with Gasteiger partial charge in [0, 0.05) is 53.5 Å². The van der Waals surface area contributed by atoms with Gasteiger partial charge in [-0.2, -0.15) is 0 Å². The molecule has 0 aromatic heterocycles. The fourth-order valence-electron chi connectivity index (χ4n) is 5.42. The van der Waals surface area contributed by atoms with Crippen LogP contribution in [0.15, 0.2) is 53.3 Å². The zero-order valence-corrected chi connectivity index (χ0v) is 21.7. The van der Waals surface area contributed by atoms with Gasteiger partial charge in [-0.25, -0.2) is 9.18 Å². The fourth-order valence-corrected chi connectivity index (χ4v) is 5.42. The van der Waals surface area contributed by atoms with Crippen molar-refractivity contribution < 1.29 is 28.3 Å². The summed E-state index contributed by atoms with van der Waals surface area (Å²) in [4.78, 5) is 44.9. The van der Waals surface area contributed by atoms with E-state index < -0.39 is 17.5 Å². The average molecular weight is 534 g/mol. The zero-order valence-electron chi connectivity index (χ0n) is 21.7. The molecule has 3 heterocycles. The van der Waals surface area contributed by atoms with E-state index in [4.69, 9.17) is 9.57 Å². The maximum absolute atomic E-state index is 14.0. The molecule has 3 N–H and O–H groups in total. The number of nitrogens with zero attached hydrogens (tertiary/aromatic N) is 2. The van der Waals surface area contributed by atoms with E-state index in [1.165, 1.54) is 18.2 Å². The molecule has 39 heavy (non-hydrogen) atoms. The number of likely N-dealkylation sites (tertiary alicyclic amines) is 1. The van der Waals surface area contributed by atoms with Crippen LogP contribution in [0.1, 0.15) is 31.9 Å². The minimum atomic E-state index is -0.568. The van der Waals surface area contributed by atoms with Gasteiger partial charge in [0.1, 0.15) is 17.1 Å². The quantitative estimate of drug-likeness (QED) is 0.410. The highest BCUT2D eigenvalue weighted by molar-refractivity contribution is 6.39. The molecule has 1 aliphatic carbocycles. The Morgan fingerprint density at radius 2 is 1.79 bits per heavy atom. The van der Waals surface area contributed by atoms with Gasteiger partial charge in [0.15, 0.2) is 6.61 Å². The van der Waals surface area contributed by atoms with Crippen LogP contribution in [0.4, 0.5) is 20.6 Å². The van der Waals surface area contributed by atoms with Crippen LogP contribution < -0.4 is 16.0 Å². The number of allylic oxidation sites excluding steroid dienone is 1. The maximum atomic E-state index is 14.0. The molecule has 3 aliphatic heterocycles. The number of amides is 3. The number of para-hydroxylation sites is 1. The average Bonchev–Trinajstić information content (AvgIpc) is 3.22. The molecule has 202 valence electrons. The van der Waals surface area contributed by atoms with Crippen LogP contribution >= 0.6 is 0 Å². The van der Waals surface area contributed by atoms with E-state index in [2.05, 4.69) is 21.1 Å². The summed E-state index contributed by atoms with van der Waals surface area (Å²) in [5.74, 6) is -0.693. The summed E-state index contributed by atoms with van der Waals surface area (Å²) in [5.41, 5.74) is 2.75. The number of rotatable bonds is 4. The first-order chi connectivity index (χ1) is 18.6. The van der Waals surface area contributed by atoms with Crippen LogP contribution in [0.3, 0.4) is 0 Å². The molecule has 1 unspecified atom stereocenters. The number of ether oxygens (including phenoxy) is 1. The smallest absolute Gasteiger partial charge is 0.407 e. The molecule has 0 radical (unpaired) electrons. The lowest BCUT2D eigenvalue weighted by molar-refractivity contribution is -0.135. The van der Waals surface area contributed by atoms with E-state index in [0.29, 0.717) is 41.3 Å². The van der Waals surface area contributed by atoms with Gasteiger partial charge in [-0.1, -0.05) is 23.4 Å². The van der Waals surface area contributed by atoms with E-state index in [1.807, 2.05) is 45.0 Å². The van der Waals surface area contributed by atoms with Gasteiger partial charge in [-0.15, -0.1) is 0 Å². The molecule has 1 saturated carbocycles. The van der Waals surface area contributed by atoms with Crippen LogP contribution in [0.25, 0.3) is 5.57 Å². The molecule has 0 spiro atoms. The van der Waals surface area contributed by atoms with Crippen molar-refractivity contribution in [3.05, 3.63) is 65.1 Å². The van der Waals surface area contributed by atoms with Gasteiger partial charge in [0.25, 0.3) is 11.8 Å². The third-order valence-electron chi connectivity index (χ3n) is 7.23. The summed E-state index contributed by atoms with van der Waals surface area (Å²) < 4.78 is 19.3. The summed E-state index contributed by atoms with van der Waals surface area (Å²) in [6.07, 6.45) is -0.449. The molecule has 2 fully saturated rings. The molecule has 2 aromatic rings. The molecule has 6 rings (SSSR count). The Labute approximate surface area is 224 Å². The topological polar surface area (TPSA) is 121 Å². The number of piperidine rings is 1. The van der Waals surface area contributed by atoms with Gasteiger partial charge < -0.3 is 30.4 Å². The number of oxime groups is 1. The highest BCUT2D eigenvalue weighted by atomic mass is 19.1. The van der Waals surface area contributed by atoms with Crippen molar-refractivity contribution in [2.75, 3.05) is 30.3 Å². The molecule has 4 aliphatic rings. The number of carbonyl (C=O) groups excluding carboxylic acids is 3. The van der Waals surface area contributed by atoms with Crippen LogP contribution in [0, 0.1) is 17.7 Å². The number of anilines is 2. The normalized spacial score (nSPS) is 25.4. The second-order valence-electron chi connectivity index (χ2n) is 11.1. The number of fused-ring (bicyclic) bond motifs is 3. The maximum Gasteiger partial charge on any atom is 0.407 e. The van der Waals surface area contributed by atoms with Crippen molar-refractivity contribution in [2.24, 2.45) is 17.0 Å². The minimum Gasteiger partial charge on any atom is -0.444 e. The first kappa shape index (κ1) is 24.9. The predicted octanol–water partition coefficient (Wildman–Crippen LogP) is 3.32. The molecule has 10 nitrogen and oxygen atoms in total. The highest BCUT2D eigenvalue weighted by Gasteiger charge is 2.57. The molecule has 0 bridgehead atoms. The van der Waals surface area contributed by atoms with E-state index in [9.17, 15) is 18.8 Å². The standard InChI is InChI=1S/C28H28FN5O5/c1-28(2,3)39-27(37)32-23-17-11-34(12-18(17)23)21(35)13-38-33-24-15-6-4-5-7-19(15)30-25(24)22-16-10-14(29)8-9-20(16)31-26(22)36/h4-10,17-18,23,30H,11-13H2,1-3H3,(H,31,36)(H,32,37)/b25-22-,33-24+/t17-,18+,23?. The lowest BCUT2D eigenvalue weighted by atomic mass is 10.0. The lowest BCUT2D eigenvalue weighted by Gasteiger charge is -2.22. The third kappa shape index (κ3) is 4.68. The van der Waals surface area contributed by atoms with E-state index in [-0.39, 0.29) is 41.9 Å². The van der Waals surface area contributed by atoms with Gasteiger partial charge in [0.2, 0.25) is 0 Å². The minimum absolute atomic E-state index is 0.00517. The number of halogens is 1. The second-order valence-corrected chi connectivity index (χ2v) is 11.1. The second kappa shape index (κ2) is 9.11. The van der Waals surface area contributed by atoms with Gasteiger partial charge >= 0.3 is 6.09 Å². The van der Waals surface area contributed by atoms with Crippen LogP contribution in [0.2, 0.25) is 0 Å². The number of alkyl carbamates (subject to hydrolysis) is 1. The van der Waals surface area contributed by atoms with Crippen molar-refractivity contribution >= 4 is 40.6 Å². The van der Waals surface area contributed by atoms with Gasteiger partial charge in [-0.3, -0.25) is 9.59 Å². The molecule has 2 aromatic carbocycles. The Morgan fingerprint density at radius 3 is 2.54 bits per heavy atom. The Balaban J connectivity index is 1.13. The summed E-state index contributed by atoms with van der Waals surface area (Å²) in [6.45, 7) is 6.19. The molecule has 11 heteroatoms. The number of nitrogens with one attached hydrogen (secondary N) is 3. The van der Waals surface area contributed by atoms with Crippen molar-refractivity contribution in [3.63, 3.8) is 0 Å². The fraction of sp³-hybridized carbons (Fsp3) is 0.357. The Hall–Kier alpha value is -4.41. The molecule has 3 amide bonds. The van der Waals surface area contributed by atoms with E-state index in [0.717, 1.165) is 5.69 Å². The predicted molar refractivity (Wildman–Crippen MR) is 141 cm³/mol. The molecular formula is C28H28FN5O5. The summed E-state index contributed by atoms with van der Waals surface area (Å²) >= 11 is 0. The first-order valence-electron chi connectivity index (χ1n) is 12.8. The number of carbonyl (C=O) groups is 3. The Kier molecular flexibility index (Phi) is 5.81. The summed E-state index contributed by atoms with van der Waals surface area (Å²) in [7, 11) is 0. The van der Waals surface area contributed by atoms with Gasteiger partial charge in [0.05, 0.1) is 11.3 Å². The van der Waals surface area contributed by atoms with Crippen LogP contribution in [-0.4, -0.2) is 59.9 Å². The number of benzene rings is 2. The van der Waals surface area contributed by atoms with Crippen LogP contribution in [-0.2, 0) is 19.2 Å². The summed E-state index contributed by atoms with van der Waals surface area (Å²) in [6, 6.07) is 11.4. The third-order valence-corrected chi connectivity index (χ3v) is 7.23. The van der Waals surface area contributed by atoms with Crippen molar-refractivity contribution in [1.29, 1.82) is 0 Å². The Morgan fingerprint density at radius 1 is 1.08 bits per heavy atom. The van der Waals surface area contributed by atoms with Gasteiger partial charge in [-0.05, 0) is 45.0 Å². The number of hydrogen-bond acceptors (Lipinski definition) is 7. The first-order valence-corrected chi connectivity index (χ1v) is 12.8. The summed E-state index contributed by atoms with van der Waals surface area (Å²) in [5, 5.41) is 13.1. The van der Waals surface area contributed by atoms with Crippen molar-refractivity contribution in [2.45, 2.75) is 32.4 Å². The zero-order chi connectivity index (χ0) is 27.5. The van der Waals surface area contributed by atoms with E-state index in [1.54, 1.807) is 4.90 Å². The highest BCUT2D eigenvalue weighted by Crippen LogP contribution is 2.45. The number of hydrogen-bond donors (Lipinski definition) is 3. The Bertz CT molecular complexity index is 1450. The molecule has 1 saturated heterocycles. The SMILES string of the molecule is CC(C)(C)OC(=O)NC1[C@H]2CN(C(=O)CO/N=C3/C(=C4/C(=O)Nc5ccc(F)cc54)Nc4ccccc43)C[C@@H]12. The van der Waals surface area contributed by atoms with E-state index >= 15 is 0 Å². The monoisotopic (exact) mass is 533 g/mol. The molecular weight excluding hydrogens is 505 g/mol.